The number of nitrogens with zero attached hydrogens (tertiary/aromatic N) is 1. The maximum atomic E-state index is 12.0. The van der Waals surface area contributed by atoms with Crippen molar-refractivity contribution < 1.29 is 4.79 Å². The molecule has 4 aliphatic carbocycles. The maximum Gasteiger partial charge on any atom is 0.132 e. The van der Waals surface area contributed by atoms with Crippen LogP contribution in [0, 0.1) is 46.3 Å². The standard InChI is InChI=1S/C30H54N2O/c1-7-24(33)10-8-21(2)26-12-13-27-25-11-9-22-20-23(31-18-19-32(5)6)14-16-29(22,3)28(25)15-17-30(26,27)4/h21-23,25-28,31H,7-20H2,1-6H3/t21-,22-,23?,25?,26-,27?,28?,29+,30-/m1/s1. The lowest BCUT2D eigenvalue weighted by molar-refractivity contribution is -0.121. The van der Waals surface area contributed by atoms with Gasteiger partial charge in [-0.25, -0.2) is 0 Å². The van der Waals surface area contributed by atoms with Crippen molar-refractivity contribution in [3.63, 3.8) is 0 Å². The van der Waals surface area contributed by atoms with Crippen LogP contribution >= 0.6 is 0 Å². The van der Waals surface area contributed by atoms with Crippen molar-refractivity contribution in [1.82, 2.24) is 10.2 Å². The zero-order valence-electron chi connectivity index (χ0n) is 22.8. The summed E-state index contributed by atoms with van der Waals surface area (Å²) in [6.07, 6.45) is 15.7. The number of nitrogens with one attached hydrogen (secondary N) is 1. The Balaban J connectivity index is 1.39. The molecule has 0 aliphatic heterocycles. The Hall–Kier alpha value is -0.410. The molecule has 0 aromatic heterocycles. The summed E-state index contributed by atoms with van der Waals surface area (Å²) in [6.45, 7) is 12.1. The topological polar surface area (TPSA) is 32.3 Å². The molecule has 4 aliphatic rings. The van der Waals surface area contributed by atoms with Crippen LogP contribution < -0.4 is 5.32 Å². The predicted octanol–water partition coefficient (Wildman–Crippen LogP) is 6.56. The monoisotopic (exact) mass is 458 g/mol. The van der Waals surface area contributed by atoms with Gasteiger partial charge in [-0.2, -0.15) is 0 Å². The van der Waals surface area contributed by atoms with Crippen LogP contribution in [0.4, 0.5) is 0 Å². The molecule has 0 aromatic rings. The van der Waals surface area contributed by atoms with E-state index in [2.05, 4.69) is 45.1 Å². The van der Waals surface area contributed by atoms with E-state index in [4.69, 9.17) is 0 Å². The van der Waals surface area contributed by atoms with E-state index in [1.165, 1.54) is 57.8 Å². The summed E-state index contributed by atoms with van der Waals surface area (Å²) in [7, 11) is 4.35. The quantitative estimate of drug-likeness (QED) is 0.424. The van der Waals surface area contributed by atoms with Crippen molar-refractivity contribution in [2.24, 2.45) is 46.3 Å². The highest BCUT2D eigenvalue weighted by atomic mass is 16.1. The van der Waals surface area contributed by atoms with E-state index < -0.39 is 0 Å². The van der Waals surface area contributed by atoms with Gasteiger partial charge in [-0.05, 0) is 125 Å². The summed E-state index contributed by atoms with van der Waals surface area (Å²) in [5.41, 5.74) is 1.12. The lowest BCUT2D eigenvalue weighted by Gasteiger charge is -2.61. The Morgan fingerprint density at radius 3 is 2.45 bits per heavy atom. The first-order chi connectivity index (χ1) is 15.7. The third kappa shape index (κ3) is 4.97. The van der Waals surface area contributed by atoms with Crippen LogP contribution in [0.2, 0.25) is 0 Å². The van der Waals surface area contributed by atoms with Gasteiger partial charge in [0.05, 0.1) is 0 Å². The van der Waals surface area contributed by atoms with Gasteiger partial charge in [0.15, 0.2) is 0 Å². The number of carbonyl (C=O) groups is 1. The molecule has 33 heavy (non-hydrogen) atoms. The average molecular weight is 459 g/mol. The molecule has 0 amide bonds. The molecule has 0 aromatic carbocycles. The summed E-state index contributed by atoms with van der Waals surface area (Å²) >= 11 is 0. The summed E-state index contributed by atoms with van der Waals surface area (Å²) in [5, 5.41) is 3.89. The minimum atomic E-state index is 0.461. The minimum Gasteiger partial charge on any atom is -0.313 e. The fraction of sp³-hybridized carbons (Fsp3) is 0.967. The zero-order chi connectivity index (χ0) is 23.8. The number of ketones is 1. The van der Waals surface area contributed by atoms with Crippen LogP contribution in [0.3, 0.4) is 0 Å². The molecule has 0 saturated heterocycles. The molecule has 3 heteroatoms. The SMILES string of the molecule is CCC(=O)CC[C@@H](C)[C@H]1CCC2C3CC[C@@H]4CC(NCCN(C)C)CC[C@]4(C)C3CC[C@@]21C. The molecule has 0 spiro atoms. The number of fused-ring (bicyclic) bond motifs is 5. The van der Waals surface area contributed by atoms with Crippen molar-refractivity contribution in [3.8, 4) is 0 Å². The van der Waals surface area contributed by atoms with Crippen molar-refractivity contribution in [2.45, 2.75) is 111 Å². The van der Waals surface area contributed by atoms with Gasteiger partial charge in [0.1, 0.15) is 5.78 Å². The lowest BCUT2D eigenvalue weighted by Crippen LogP contribution is -2.55. The average Bonchev–Trinajstić information content (AvgIpc) is 3.14. The first kappa shape index (κ1) is 25.7. The van der Waals surface area contributed by atoms with Gasteiger partial charge in [0, 0.05) is 32.0 Å². The molecule has 1 N–H and O–H groups in total. The van der Waals surface area contributed by atoms with E-state index in [0.29, 0.717) is 29.0 Å². The van der Waals surface area contributed by atoms with Crippen LogP contribution in [0.15, 0.2) is 0 Å². The first-order valence-electron chi connectivity index (χ1n) is 14.6. The third-order valence-electron chi connectivity index (χ3n) is 11.7. The van der Waals surface area contributed by atoms with Gasteiger partial charge < -0.3 is 10.2 Å². The third-order valence-corrected chi connectivity index (χ3v) is 11.7. The van der Waals surface area contributed by atoms with E-state index in [1.54, 1.807) is 0 Å². The molecule has 0 heterocycles. The fourth-order valence-electron chi connectivity index (χ4n) is 9.68. The Morgan fingerprint density at radius 1 is 1.00 bits per heavy atom. The maximum absolute atomic E-state index is 12.0. The highest BCUT2D eigenvalue weighted by Crippen LogP contribution is 2.68. The van der Waals surface area contributed by atoms with Gasteiger partial charge in [-0.3, -0.25) is 4.79 Å². The Morgan fingerprint density at radius 2 is 1.73 bits per heavy atom. The van der Waals surface area contributed by atoms with Crippen LogP contribution in [-0.2, 0) is 4.79 Å². The first-order valence-corrected chi connectivity index (χ1v) is 14.6. The molecule has 4 rings (SSSR count). The normalized spacial score (nSPS) is 43.6. The van der Waals surface area contributed by atoms with Crippen molar-refractivity contribution in [2.75, 3.05) is 27.2 Å². The molecule has 4 unspecified atom stereocenters. The Bertz CT molecular complexity index is 676. The second kappa shape index (κ2) is 10.3. The van der Waals surface area contributed by atoms with Gasteiger partial charge in [0.25, 0.3) is 0 Å². The molecular formula is C30H54N2O. The summed E-state index contributed by atoms with van der Waals surface area (Å²) in [4.78, 5) is 14.2. The van der Waals surface area contributed by atoms with E-state index in [1.807, 2.05) is 6.92 Å². The number of likely N-dealkylation sites (N-methyl/N-ethyl adjacent to an activating group) is 1. The van der Waals surface area contributed by atoms with Crippen molar-refractivity contribution >= 4 is 5.78 Å². The molecule has 4 fully saturated rings. The molecule has 0 radical (unpaired) electrons. The van der Waals surface area contributed by atoms with E-state index in [9.17, 15) is 4.79 Å². The molecule has 3 nitrogen and oxygen atoms in total. The number of carbonyl (C=O) groups excluding carboxylic acids is 1. The number of hydrogen-bond donors (Lipinski definition) is 1. The summed E-state index contributed by atoms with van der Waals surface area (Å²) in [5.74, 6) is 5.83. The number of Topliss-reactive ketones (excluding diaryl/α,β-unsaturated/α-hetero) is 1. The van der Waals surface area contributed by atoms with Crippen LogP contribution in [0.5, 0.6) is 0 Å². The fourth-order valence-corrected chi connectivity index (χ4v) is 9.68. The second-order valence-corrected chi connectivity index (χ2v) is 13.5. The van der Waals surface area contributed by atoms with E-state index in [0.717, 1.165) is 61.6 Å². The number of rotatable bonds is 9. The predicted molar refractivity (Wildman–Crippen MR) is 139 cm³/mol. The molecule has 190 valence electrons. The van der Waals surface area contributed by atoms with Gasteiger partial charge in [-0.15, -0.1) is 0 Å². The zero-order valence-corrected chi connectivity index (χ0v) is 22.8. The summed E-state index contributed by atoms with van der Waals surface area (Å²) in [6, 6.07) is 0.746. The van der Waals surface area contributed by atoms with Crippen molar-refractivity contribution in [1.29, 1.82) is 0 Å². The molecule has 9 atom stereocenters. The second-order valence-electron chi connectivity index (χ2n) is 13.5. The largest absolute Gasteiger partial charge is 0.313 e. The Kier molecular flexibility index (Phi) is 8.01. The van der Waals surface area contributed by atoms with Gasteiger partial charge in [-0.1, -0.05) is 27.7 Å². The molecule has 4 saturated carbocycles. The molecule has 0 bridgehead atoms. The van der Waals surface area contributed by atoms with Crippen molar-refractivity contribution in [3.05, 3.63) is 0 Å². The highest BCUT2D eigenvalue weighted by molar-refractivity contribution is 5.77. The highest BCUT2D eigenvalue weighted by Gasteiger charge is 2.60. The van der Waals surface area contributed by atoms with Crippen LogP contribution in [0.25, 0.3) is 0 Å². The van der Waals surface area contributed by atoms with E-state index in [-0.39, 0.29) is 0 Å². The van der Waals surface area contributed by atoms with Crippen LogP contribution in [-0.4, -0.2) is 43.9 Å². The summed E-state index contributed by atoms with van der Waals surface area (Å²) < 4.78 is 0. The van der Waals surface area contributed by atoms with E-state index >= 15 is 0 Å². The Labute approximate surface area is 205 Å². The lowest BCUT2D eigenvalue weighted by atomic mass is 9.44. The smallest absolute Gasteiger partial charge is 0.132 e. The van der Waals surface area contributed by atoms with Crippen LogP contribution in [0.1, 0.15) is 105 Å². The van der Waals surface area contributed by atoms with Gasteiger partial charge in [0.2, 0.25) is 0 Å². The van der Waals surface area contributed by atoms with Gasteiger partial charge >= 0.3 is 0 Å². The molecular weight excluding hydrogens is 404 g/mol. The number of hydrogen-bond acceptors (Lipinski definition) is 3. The minimum absolute atomic E-state index is 0.461.